The monoisotopic (exact) mass is 381 g/mol. The van der Waals surface area contributed by atoms with E-state index in [2.05, 4.69) is 17.3 Å². The highest BCUT2D eigenvalue weighted by Crippen LogP contribution is 2.30. The number of hydrogen-bond acceptors (Lipinski definition) is 4. The number of furan rings is 1. The van der Waals surface area contributed by atoms with Gasteiger partial charge in [-0.05, 0) is 37.3 Å². The second-order valence-electron chi connectivity index (χ2n) is 7.71. The summed E-state index contributed by atoms with van der Waals surface area (Å²) in [5, 5.41) is 18.6. The lowest BCUT2D eigenvalue weighted by molar-refractivity contribution is 0.0872. The van der Waals surface area contributed by atoms with Gasteiger partial charge in [0.05, 0.1) is 17.7 Å². The molecule has 1 amide bonds. The molecule has 0 spiro atoms. The molecule has 1 aliphatic rings. The highest BCUT2D eigenvalue weighted by Gasteiger charge is 2.35. The Kier molecular flexibility index (Phi) is 5.48. The molecule has 1 aromatic carbocycles. The highest BCUT2D eigenvalue weighted by molar-refractivity contribution is 6.07. The molecule has 0 radical (unpaired) electrons. The zero-order chi connectivity index (χ0) is 19.5. The number of unbranched alkanes of at least 4 members (excludes halogenated alkanes) is 1. The maximum atomic E-state index is 13.1. The van der Waals surface area contributed by atoms with E-state index in [9.17, 15) is 9.90 Å². The lowest BCUT2D eigenvalue weighted by Gasteiger charge is -2.16. The first-order valence-electron chi connectivity index (χ1n) is 10.1. The van der Waals surface area contributed by atoms with Crippen LogP contribution in [-0.2, 0) is 13.0 Å². The molecule has 6 nitrogen and oxygen atoms in total. The molecule has 1 unspecified atom stereocenters. The third kappa shape index (κ3) is 3.83. The third-order valence-electron chi connectivity index (χ3n) is 5.60. The first-order chi connectivity index (χ1) is 13.7. The van der Waals surface area contributed by atoms with E-state index < -0.39 is 6.10 Å². The number of amides is 1. The van der Waals surface area contributed by atoms with Gasteiger partial charge < -0.3 is 14.8 Å². The van der Waals surface area contributed by atoms with Crippen LogP contribution in [0.2, 0.25) is 0 Å². The minimum absolute atomic E-state index is 0.153. The van der Waals surface area contributed by atoms with Gasteiger partial charge in [-0.3, -0.25) is 9.48 Å². The standard InChI is InChI=1S/C22H27N3O3/c1-2-3-8-20-21(16-7-4-5-9-19(16)28-20)22(27)24-17-12-15(13-18(17)26)14-25-11-6-10-23-25/h4-7,9-11,15,17-18,26H,2-3,8,12-14H2,1H3,(H,24,27)/t15?,17-,18-/m1/s1. The van der Waals surface area contributed by atoms with Gasteiger partial charge in [0.15, 0.2) is 0 Å². The maximum Gasteiger partial charge on any atom is 0.255 e. The second-order valence-corrected chi connectivity index (χ2v) is 7.71. The van der Waals surface area contributed by atoms with Gasteiger partial charge >= 0.3 is 0 Å². The summed E-state index contributed by atoms with van der Waals surface area (Å²) in [6.07, 6.45) is 7.30. The van der Waals surface area contributed by atoms with E-state index in [1.165, 1.54) is 0 Å². The van der Waals surface area contributed by atoms with Crippen LogP contribution in [0.25, 0.3) is 11.0 Å². The molecule has 1 fully saturated rings. The molecule has 0 bridgehead atoms. The molecule has 2 N–H and O–H groups in total. The number of aliphatic hydroxyl groups is 1. The quantitative estimate of drug-likeness (QED) is 0.656. The summed E-state index contributed by atoms with van der Waals surface area (Å²) < 4.78 is 7.85. The summed E-state index contributed by atoms with van der Waals surface area (Å²) in [4.78, 5) is 13.1. The van der Waals surface area contributed by atoms with Gasteiger partial charge in [0.2, 0.25) is 0 Å². The lowest BCUT2D eigenvalue weighted by atomic mass is 10.1. The van der Waals surface area contributed by atoms with Crippen molar-refractivity contribution in [1.29, 1.82) is 0 Å². The number of aromatic nitrogens is 2. The zero-order valence-electron chi connectivity index (χ0n) is 16.2. The van der Waals surface area contributed by atoms with Crippen molar-refractivity contribution in [2.45, 2.75) is 57.7 Å². The number of nitrogens with zero attached hydrogens (tertiary/aromatic N) is 2. The number of para-hydroxylation sites is 1. The molecule has 1 aliphatic carbocycles. The topological polar surface area (TPSA) is 80.3 Å². The summed E-state index contributed by atoms with van der Waals surface area (Å²) in [6, 6.07) is 9.30. The number of nitrogens with one attached hydrogen (secondary N) is 1. The largest absolute Gasteiger partial charge is 0.460 e. The number of carbonyl (C=O) groups is 1. The Morgan fingerprint density at radius 1 is 1.32 bits per heavy atom. The van der Waals surface area contributed by atoms with Gasteiger partial charge in [-0.15, -0.1) is 0 Å². The fraction of sp³-hybridized carbons (Fsp3) is 0.455. The van der Waals surface area contributed by atoms with Crippen molar-refractivity contribution in [2.24, 2.45) is 5.92 Å². The van der Waals surface area contributed by atoms with E-state index >= 15 is 0 Å². The van der Waals surface area contributed by atoms with E-state index in [0.29, 0.717) is 17.9 Å². The lowest BCUT2D eigenvalue weighted by Crippen LogP contribution is -2.40. The summed E-state index contributed by atoms with van der Waals surface area (Å²) >= 11 is 0. The van der Waals surface area contributed by atoms with Gasteiger partial charge in [-0.2, -0.15) is 5.10 Å². The van der Waals surface area contributed by atoms with Crippen molar-refractivity contribution < 1.29 is 14.3 Å². The predicted octanol–water partition coefficient (Wildman–Crippen LogP) is 3.54. The zero-order valence-corrected chi connectivity index (χ0v) is 16.2. The number of fused-ring (bicyclic) bond motifs is 1. The Morgan fingerprint density at radius 2 is 2.18 bits per heavy atom. The molecule has 3 atom stereocenters. The Morgan fingerprint density at radius 3 is 2.96 bits per heavy atom. The van der Waals surface area contributed by atoms with Gasteiger partial charge in [-0.25, -0.2) is 0 Å². The van der Waals surface area contributed by atoms with Crippen molar-refractivity contribution in [1.82, 2.24) is 15.1 Å². The van der Waals surface area contributed by atoms with Crippen LogP contribution < -0.4 is 5.32 Å². The van der Waals surface area contributed by atoms with E-state index in [0.717, 1.165) is 49.0 Å². The van der Waals surface area contributed by atoms with Crippen LogP contribution in [0, 0.1) is 5.92 Å². The molecule has 0 saturated heterocycles. The van der Waals surface area contributed by atoms with Crippen molar-refractivity contribution in [2.75, 3.05) is 0 Å². The fourth-order valence-corrected chi connectivity index (χ4v) is 4.19. The minimum atomic E-state index is -0.540. The molecule has 148 valence electrons. The van der Waals surface area contributed by atoms with Gasteiger partial charge in [-0.1, -0.05) is 31.5 Å². The first kappa shape index (κ1) is 18.7. The Bertz CT molecular complexity index is 932. The average Bonchev–Trinajstić information content (AvgIpc) is 3.39. The van der Waals surface area contributed by atoms with Crippen molar-refractivity contribution in [3.8, 4) is 0 Å². The van der Waals surface area contributed by atoms with Gasteiger partial charge in [0.25, 0.3) is 5.91 Å². The summed E-state index contributed by atoms with van der Waals surface area (Å²) in [5.74, 6) is 0.877. The molecule has 3 aromatic rings. The smallest absolute Gasteiger partial charge is 0.255 e. The van der Waals surface area contributed by atoms with Crippen LogP contribution in [-0.4, -0.2) is 32.9 Å². The van der Waals surface area contributed by atoms with Crippen LogP contribution >= 0.6 is 0 Å². The maximum absolute atomic E-state index is 13.1. The van der Waals surface area contributed by atoms with E-state index in [-0.39, 0.29) is 11.9 Å². The van der Waals surface area contributed by atoms with Crippen LogP contribution in [0.3, 0.4) is 0 Å². The minimum Gasteiger partial charge on any atom is -0.460 e. The van der Waals surface area contributed by atoms with E-state index in [1.54, 1.807) is 6.20 Å². The average molecular weight is 381 g/mol. The molecular formula is C22H27N3O3. The molecule has 0 aliphatic heterocycles. The molecule has 2 aromatic heterocycles. The normalized spacial score (nSPS) is 22.0. The number of benzene rings is 1. The number of aryl methyl sites for hydroxylation is 1. The summed E-state index contributed by atoms with van der Waals surface area (Å²) in [5.41, 5.74) is 1.36. The predicted molar refractivity (Wildman–Crippen MR) is 107 cm³/mol. The van der Waals surface area contributed by atoms with Crippen molar-refractivity contribution in [3.63, 3.8) is 0 Å². The number of rotatable bonds is 7. The number of aliphatic hydroxyl groups excluding tert-OH is 1. The summed E-state index contributed by atoms with van der Waals surface area (Å²) in [7, 11) is 0. The third-order valence-corrected chi connectivity index (χ3v) is 5.60. The van der Waals surface area contributed by atoms with Crippen LogP contribution in [0.15, 0.2) is 47.1 Å². The highest BCUT2D eigenvalue weighted by atomic mass is 16.3. The fourth-order valence-electron chi connectivity index (χ4n) is 4.19. The Labute approximate surface area is 164 Å². The molecule has 28 heavy (non-hydrogen) atoms. The second kappa shape index (κ2) is 8.19. The SMILES string of the molecule is CCCCc1oc2ccccc2c1C(=O)N[C@@H]1CC(Cn2cccn2)C[C@H]1O. The molecule has 4 rings (SSSR count). The number of carbonyl (C=O) groups excluding carboxylic acids is 1. The Hall–Kier alpha value is -2.60. The van der Waals surface area contributed by atoms with Gasteiger partial charge in [0.1, 0.15) is 11.3 Å². The molecule has 1 saturated carbocycles. The number of hydrogen-bond donors (Lipinski definition) is 2. The van der Waals surface area contributed by atoms with Crippen LogP contribution in [0.4, 0.5) is 0 Å². The Balaban J connectivity index is 1.50. The molecular weight excluding hydrogens is 354 g/mol. The summed E-state index contributed by atoms with van der Waals surface area (Å²) in [6.45, 7) is 2.88. The molecule has 6 heteroatoms. The van der Waals surface area contributed by atoms with Crippen molar-refractivity contribution in [3.05, 3.63) is 54.0 Å². The van der Waals surface area contributed by atoms with Crippen molar-refractivity contribution >= 4 is 16.9 Å². The van der Waals surface area contributed by atoms with Crippen LogP contribution in [0.1, 0.15) is 48.7 Å². The van der Waals surface area contributed by atoms with Gasteiger partial charge in [0, 0.05) is 30.7 Å². The van der Waals surface area contributed by atoms with Crippen LogP contribution in [0.5, 0.6) is 0 Å². The molecule has 2 heterocycles. The van der Waals surface area contributed by atoms with E-state index in [1.807, 2.05) is 41.2 Å². The first-order valence-corrected chi connectivity index (χ1v) is 10.1. The van der Waals surface area contributed by atoms with E-state index in [4.69, 9.17) is 4.42 Å².